The lowest BCUT2D eigenvalue weighted by Gasteiger charge is -2.06. The molecule has 0 saturated carbocycles. The molecule has 7 heteroatoms. The first-order chi connectivity index (χ1) is 11.1. The lowest BCUT2D eigenvalue weighted by atomic mass is 10.2. The van der Waals surface area contributed by atoms with E-state index in [0.717, 1.165) is 11.3 Å². The Morgan fingerprint density at radius 1 is 1.09 bits per heavy atom. The molecule has 7 nitrogen and oxygen atoms in total. The molecule has 0 spiro atoms. The fourth-order valence-electron chi connectivity index (χ4n) is 1.99. The molecule has 0 unspecified atom stereocenters. The summed E-state index contributed by atoms with van der Waals surface area (Å²) in [6.45, 7) is 3.75. The standard InChI is InChI=1S/C16H15N5O2/c1-10-4-3-5-12(6-10)19-15-9-17-13(8-18-15)16(22)20-14-7-11(2)23-21-14/h3-9H,1-2H3,(H,18,19)(H,20,21,22). The summed E-state index contributed by atoms with van der Waals surface area (Å²) in [6, 6.07) is 9.51. The smallest absolute Gasteiger partial charge is 0.277 e. The Labute approximate surface area is 132 Å². The molecule has 0 aliphatic carbocycles. The first-order valence-corrected chi connectivity index (χ1v) is 7.00. The van der Waals surface area contributed by atoms with Crippen LogP contribution in [0.4, 0.5) is 17.3 Å². The van der Waals surface area contributed by atoms with Crippen LogP contribution in [0.1, 0.15) is 21.8 Å². The van der Waals surface area contributed by atoms with E-state index in [9.17, 15) is 4.79 Å². The molecule has 0 aliphatic rings. The van der Waals surface area contributed by atoms with E-state index in [0.29, 0.717) is 17.4 Å². The highest BCUT2D eigenvalue weighted by atomic mass is 16.5. The molecule has 3 rings (SSSR count). The van der Waals surface area contributed by atoms with Crippen molar-refractivity contribution in [1.29, 1.82) is 0 Å². The van der Waals surface area contributed by atoms with Gasteiger partial charge in [0.2, 0.25) is 0 Å². The molecular weight excluding hydrogens is 294 g/mol. The van der Waals surface area contributed by atoms with Crippen LogP contribution in [-0.4, -0.2) is 21.0 Å². The highest BCUT2D eigenvalue weighted by Gasteiger charge is 2.11. The van der Waals surface area contributed by atoms with Crippen LogP contribution in [0.2, 0.25) is 0 Å². The number of nitrogens with zero attached hydrogens (tertiary/aromatic N) is 3. The quantitative estimate of drug-likeness (QED) is 0.769. The second-order valence-corrected chi connectivity index (χ2v) is 5.06. The number of benzene rings is 1. The summed E-state index contributed by atoms with van der Waals surface area (Å²) in [5.74, 6) is 1.12. The number of hydrogen-bond acceptors (Lipinski definition) is 6. The van der Waals surface area contributed by atoms with E-state index in [1.165, 1.54) is 12.4 Å². The van der Waals surface area contributed by atoms with Crippen LogP contribution < -0.4 is 10.6 Å². The minimum absolute atomic E-state index is 0.195. The summed E-state index contributed by atoms with van der Waals surface area (Å²) < 4.78 is 4.89. The van der Waals surface area contributed by atoms with Crippen molar-refractivity contribution in [2.24, 2.45) is 0 Å². The van der Waals surface area contributed by atoms with Gasteiger partial charge in [-0.15, -0.1) is 0 Å². The van der Waals surface area contributed by atoms with Crippen LogP contribution in [0.5, 0.6) is 0 Å². The van der Waals surface area contributed by atoms with Gasteiger partial charge >= 0.3 is 0 Å². The molecule has 0 atom stereocenters. The number of anilines is 3. The van der Waals surface area contributed by atoms with Crippen LogP contribution in [0.25, 0.3) is 0 Å². The molecule has 116 valence electrons. The van der Waals surface area contributed by atoms with Crippen LogP contribution in [0.15, 0.2) is 47.2 Å². The molecule has 0 fully saturated rings. The van der Waals surface area contributed by atoms with Gasteiger partial charge in [0.15, 0.2) is 5.82 Å². The highest BCUT2D eigenvalue weighted by molar-refractivity contribution is 6.02. The SMILES string of the molecule is Cc1cccc(Nc2cnc(C(=O)Nc3cc(C)on3)cn2)c1. The number of aromatic nitrogens is 3. The summed E-state index contributed by atoms with van der Waals surface area (Å²) in [4.78, 5) is 20.3. The number of amides is 1. The normalized spacial score (nSPS) is 10.3. The zero-order valence-corrected chi connectivity index (χ0v) is 12.7. The third kappa shape index (κ3) is 3.70. The summed E-state index contributed by atoms with van der Waals surface area (Å²) in [5.41, 5.74) is 2.25. The van der Waals surface area contributed by atoms with Crippen molar-refractivity contribution in [3.8, 4) is 0 Å². The van der Waals surface area contributed by atoms with Gasteiger partial charge in [0.1, 0.15) is 17.3 Å². The maximum atomic E-state index is 12.0. The predicted octanol–water partition coefficient (Wildman–Crippen LogP) is 3.08. The Balaban J connectivity index is 1.68. The van der Waals surface area contributed by atoms with Gasteiger partial charge in [-0.3, -0.25) is 4.79 Å². The Morgan fingerprint density at radius 2 is 1.96 bits per heavy atom. The lowest BCUT2D eigenvalue weighted by molar-refractivity contribution is 0.102. The molecule has 0 bridgehead atoms. The fraction of sp³-hybridized carbons (Fsp3) is 0.125. The van der Waals surface area contributed by atoms with E-state index < -0.39 is 5.91 Å². The summed E-state index contributed by atoms with van der Waals surface area (Å²) in [5, 5.41) is 9.42. The van der Waals surface area contributed by atoms with E-state index in [4.69, 9.17) is 4.52 Å². The third-order valence-corrected chi connectivity index (χ3v) is 3.04. The molecule has 2 aromatic heterocycles. The van der Waals surface area contributed by atoms with E-state index in [2.05, 4.69) is 25.8 Å². The van der Waals surface area contributed by atoms with Gasteiger partial charge in [0.05, 0.1) is 12.4 Å². The molecule has 0 radical (unpaired) electrons. The molecule has 0 aliphatic heterocycles. The Morgan fingerprint density at radius 3 is 2.61 bits per heavy atom. The maximum Gasteiger partial charge on any atom is 0.277 e. The zero-order chi connectivity index (χ0) is 16.2. The number of carbonyl (C=O) groups excluding carboxylic acids is 1. The molecule has 3 aromatic rings. The van der Waals surface area contributed by atoms with E-state index in [1.54, 1.807) is 13.0 Å². The summed E-state index contributed by atoms with van der Waals surface area (Å²) in [7, 11) is 0. The second-order valence-electron chi connectivity index (χ2n) is 5.06. The molecule has 2 N–H and O–H groups in total. The van der Waals surface area contributed by atoms with Crippen LogP contribution in [0.3, 0.4) is 0 Å². The first-order valence-electron chi connectivity index (χ1n) is 7.00. The van der Waals surface area contributed by atoms with Crippen molar-refractivity contribution >= 4 is 23.2 Å². The topological polar surface area (TPSA) is 92.9 Å². The van der Waals surface area contributed by atoms with Gasteiger partial charge in [-0.1, -0.05) is 17.3 Å². The van der Waals surface area contributed by atoms with Crippen molar-refractivity contribution in [2.45, 2.75) is 13.8 Å². The summed E-state index contributed by atoms with van der Waals surface area (Å²) >= 11 is 0. The fourth-order valence-corrected chi connectivity index (χ4v) is 1.99. The molecular formula is C16H15N5O2. The number of aryl methyl sites for hydroxylation is 2. The average molecular weight is 309 g/mol. The van der Waals surface area contributed by atoms with Gasteiger partial charge in [-0.25, -0.2) is 9.97 Å². The van der Waals surface area contributed by atoms with Gasteiger partial charge in [-0.05, 0) is 31.5 Å². The van der Waals surface area contributed by atoms with E-state index in [1.807, 2.05) is 31.2 Å². The van der Waals surface area contributed by atoms with Crippen molar-refractivity contribution in [1.82, 2.24) is 15.1 Å². The molecule has 1 aromatic carbocycles. The second kappa shape index (κ2) is 6.27. The minimum atomic E-state index is -0.395. The van der Waals surface area contributed by atoms with Crippen LogP contribution in [0, 0.1) is 13.8 Å². The highest BCUT2D eigenvalue weighted by Crippen LogP contribution is 2.15. The first kappa shape index (κ1) is 14.7. The van der Waals surface area contributed by atoms with Gasteiger partial charge in [-0.2, -0.15) is 0 Å². The number of carbonyl (C=O) groups is 1. The van der Waals surface area contributed by atoms with Crippen molar-refractivity contribution < 1.29 is 9.32 Å². The van der Waals surface area contributed by atoms with Crippen molar-refractivity contribution in [3.05, 3.63) is 59.7 Å². The third-order valence-electron chi connectivity index (χ3n) is 3.04. The van der Waals surface area contributed by atoms with Crippen LogP contribution >= 0.6 is 0 Å². The Hall–Kier alpha value is -3.22. The van der Waals surface area contributed by atoms with Crippen molar-refractivity contribution in [2.75, 3.05) is 10.6 Å². The van der Waals surface area contributed by atoms with E-state index >= 15 is 0 Å². The van der Waals surface area contributed by atoms with Gasteiger partial charge in [0.25, 0.3) is 5.91 Å². The summed E-state index contributed by atoms with van der Waals surface area (Å²) in [6.07, 6.45) is 2.91. The van der Waals surface area contributed by atoms with E-state index in [-0.39, 0.29) is 5.69 Å². The van der Waals surface area contributed by atoms with Crippen molar-refractivity contribution in [3.63, 3.8) is 0 Å². The van der Waals surface area contributed by atoms with Crippen LogP contribution in [-0.2, 0) is 0 Å². The predicted molar refractivity (Wildman–Crippen MR) is 85.7 cm³/mol. The number of rotatable bonds is 4. The van der Waals surface area contributed by atoms with Gasteiger partial charge < -0.3 is 15.2 Å². The average Bonchev–Trinajstić information content (AvgIpc) is 2.93. The molecule has 2 heterocycles. The molecule has 0 saturated heterocycles. The van der Waals surface area contributed by atoms with Gasteiger partial charge in [0, 0.05) is 11.8 Å². The zero-order valence-electron chi connectivity index (χ0n) is 12.7. The Bertz CT molecular complexity index is 826. The monoisotopic (exact) mass is 309 g/mol. The minimum Gasteiger partial charge on any atom is -0.360 e. The largest absolute Gasteiger partial charge is 0.360 e. The maximum absolute atomic E-state index is 12.0. The number of hydrogen-bond donors (Lipinski definition) is 2. The number of nitrogens with one attached hydrogen (secondary N) is 2. The Kier molecular flexibility index (Phi) is 4.01. The molecule has 1 amide bonds. The molecule has 23 heavy (non-hydrogen) atoms. The lowest BCUT2D eigenvalue weighted by Crippen LogP contribution is -2.14.